The van der Waals surface area contributed by atoms with E-state index in [2.05, 4.69) is 5.32 Å². The summed E-state index contributed by atoms with van der Waals surface area (Å²) in [6, 6.07) is 5.34. The summed E-state index contributed by atoms with van der Waals surface area (Å²) in [5.74, 6) is 0.0215. The summed E-state index contributed by atoms with van der Waals surface area (Å²) >= 11 is 6.28. The number of halogens is 1. The highest BCUT2D eigenvalue weighted by atomic mass is 35.5. The van der Waals surface area contributed by atoms with Crippen LogP contribution in [-0.4, -0.2) is 30.6 Å². The van der Waals surface area contributed by atoms with Crippen molar-refractivity contribution >= 4 is 23.2 Å². The van der Waals surface area contributed by atoms with Gasteiger partial charge in [0.15, 0.2) is 0 Å². The van der Waals surface area contributed by atoms with E-state index in [1.54, 1.807) is 20.0 Å². The van der Waals surface area contributed by atoms with Gasteiger partial charge in [-0.15, -0.1) is 0 Å². The van der Waals surface area contributed by atoms with E-state index in [0.29, 0.717) is 5.02 Å². The van der Waals surface area contributed by atoms with Crippen LogP contribution in [0.15, 0.2) is 18.2 Å². The molecule has 2 N–H and O–H groups in total. The predicted octanol–water partition coefficient (Wildman–Crippen LogP) is 2.11. The van der Waals surface area contributed by atoms with Gasteiger partial charge in [-0.2, -0.15) is 0 Å². The molecule has 5 heteroatoms. The maximum Gasteiger partial charge on any atom is 0.242 e. The third-order valence-electron chi connectivity index (χ3n) is 3.57. The zero-order chi connectivity index (χ0) is 14.0. The molecular weight excluding hydrogens is 264 g/mol. The number of aliphatic hydroxyl groups is 1. The monoisotopic (exact) mass is 282 g/mol. The Balaban J connectivity index is 2.28. The molecule has 1 aromatic carbocycles. The molecule has 2 rings (SSSR count). The molecule has 0 saturated carbocycles. The minimum atomic E-state index is -0.542. The van der Waals surface area contributed by atoms with Crippen LogP contribution >= 0.6 is 11.6 Å². The summed E-state index contributed by atoms with van der Waals surface area (Å²) in [4.78, 5) is 13.9. The molecule has 1 heterocycles. The number of carbonyl (C=O) groups is 1. The first-order valence-electron chi connectivity index (χ1n) is 6.50. The first-order chi connectivity index (χ1) is 9.04. The lowest BCUT2D eigenvalue weighted by molar-refractivity contribution is -0.121. The van der Waals surface area contributed by atoms with Crippen LogP contribution in [0.25, 0.3) is 0 Å². The molecule has 19 heavy (non-hydrogen) atoms. The summed E-state index contributed by atoms with van der Waals surface area (Å²) in [6.07, 6.45) is 1.28. The lowest BCUT2D eigenvalue weighted by Crippen LogP contribution is -2.42. The maximum atomic E-state index is 11.8. The van der Waals surface area contributed by atoms with Gasteiger partial charge in [0.05, 0.1) is 16.8 Å². The Bertz CT molecular complexity index is 477. The standard InChI is InChI=1S/C14H19ClN2O2/c1-9(18)10-5-6-12(11(15)8-10)17-7-3-4-13(17)14(19)16-2/h5-6,8-9,13,18H,3-4,7H2,1-2H3,(H,16,19)/t9-,13?/m1/s1. The number of hydrogen-bond acceptors (Lipinski definition) is 3. The van der Waals surface area contributed by atoms with Crippen molar-refractivity contribution in [3.8, 4) is 0 Å². The lowest BCUT2D eigenvalue weighted by Gasteiger charge is -2.26. The number of aliphatic hydroxyl groups excluding tert-OH is 1. The Morgan fingerprint density at radius 3 is 2.89 bits per heavy atom. The second-order valence-electron chi connectivity index (χ2n) is 4.85. The van der Waals surface area contributed by atoms with E-state index >= 15 is 0 Å². The number of carbonyl (C=O) groups excluding carboxylic acids is 1. The highest BCUT2D eigenvalue weighted by molar-refractivity contribution is 6.33. The van der Waals surface area contributed by atoms with Crippen molar-refractivity contribution in [1.82, 2.24) is 5.32 Å². The van der Waals surface area contributed by atoms with Crippen molar-refractivity contribution in [2.24, 2.45) is 0 Å². The van der Waals surface area contributed by atoms with Gasteiger partial charge in [0, 0.05) is 13.6 Å². The van der Waals surface area contributed by atoms with Gasteiger partial charge in [0.2, 0.25) is 5.91 Å². The van der Waals surface area contributed by atoms with Crippen LogP contribution in [0.2, 0.25) is 5.02 Å². The topological polar surface area (TPSA) is 52.6 Å². The first-order valence-corrected chi connectivity index (χ1v) is 6.88. The second kappa shape index (κ2) is 5.80. The fraction of sp³-hybridized carbons (Fsp3) is 0.500. The van der Waals surface area contributed by atoms with E-state index in [4.69, 9.17) is 11.6 Å². The van der Waals surface area contributed by atoms with Gasteiger partial charge in [-0.05, 0) is 37.5 Å². The smallest absolute Gasteiger partial charge is 0.242 e. The summed E-state index contributed by atoms with van der Waals surface area (Å²) in [5, 5.41) is 12.8. The van der Waals surface area contributed by atoms with Crippen molar-refractivity contribution in [2.45, 2.75) is 31.9 Å². The van der Waals surface area contributed by atoms with Crippen LogP contribution in [0.3, 0.4) is 0 Å². The molecule has 1 saturated heterocycles. The van der Waals surface area contributed by atoms with Crippen LogP contribution in [0.1, 0.15) is 31.4 Å². The lowest BCUT2D eigenvalue weighted by atomic mass is 10.1. The Morgan fingerprint density at radius 2 is 2.32 bits per heavy atom. The van der Waals surface area contributed by atoms with Crippen molar-refractivity contribution in [2.75, 3.05) is 18.5 Å². The molecule has 104 valence electrons. The molecule has 0 bridgehead atoms. The molecule has 1 aliphatic heterocycles. The molecule has 1 aliphatic rings. The van der Waals surface area contributed by atoms with E-state index in [1.165, 1.54) is 0 Å². The molecule has 1 unspecified atom stereocenters. The Hall–Kier alpha value is -1.26. The Kier molecular flexibility index (Phi) is 4.32. The normalized spacial score (nSPS) is 20.4. The van der Waals surface area contributed by atoms with Gasteiger partial charge in [0.1, 0.15) is 6.04 Å². The van der Waals surface area contributed by atoms with Gasteiger partial charge in [-0.25, -0.2) is 0 Å². The molecule has 4 nitrogen and oxygen atoms in total. The number of benzene rings is 1. The van der Waals surface area contributed by atoms with Crippen molar-refractivity contribution in [3.63, 3.8) is 0 Å². The van der Waals surface area contributed by atoms with Crippen LogP contribution in [0.4, 0.5) is 5.69 Å². The minimum absolute atomic E-state index is 0.0215. The van der Waals surface area contributed by atoms with E-state index in [9.17, 15) is 9.90 Å². The number of amides is 1. The molecule has 0 aliphatic carbocycles. The maximum absolute atomic E-state index is 11.8. The van der Waals surface area contributed by atoms with Crippen molar-refractivity contribution in [3.05, 3.63) is 28.8 Å². The Morgan fingerprint density at radius 1 is 1.58 bits per heavy atom. The molecule has 0 aromatic heterocycles. The number of nitrogens with zero attached hydrogens (tertiary/aromatic N) is 1. The number of anilines is 1. The average molecular weight is 283 g/mol. The SMILES string of the molecule is CNC(=O)C1CCCN1c1ccc([C@@H](C)O)cc1Cl. The van der Waals surface area contributed by atoms with Crippen molar-refractivity contribution in [1.29, 1.82) is 0 Å². The number of rotatable bonds is 3. The largest absolute Gasteiger partial charge is 0.389 e. The van der Waals surface area contributed by atoms with Crippen LogP contribution in [0, 0.1) is 0 Å². The van der Waals surface area contributed by atoms with Gasteiger partial charge in [-0.3, -0.25) is 4.79 Å². The fourth-order valence-corrected chi connectivity index (χ4v) is 2.81. The van der Waals surface area contributed by atoms with Gasteiger partial charge in [-0.1, -0.05) is 17.7 Å². The zero-order valence-corrected chi connectivity index (χ0v) is 11.9. The summed E-state index contributed by atoms with van der Waals surface area (Å²) < 4.78 is 0. The fourth-order valence-electron chi connectivity index (χ4n) is 2.51. The highest BCUT2D eigenvalue weighted by Crippen LogP contribution is 2.33. The zero-order valence-electron chi connectivity index (χ0n) is 11.2. The molecule has 1 aromatic rings. The third kappa shape index (κ3) is 2.85. The van der Waals surface area contributed by atoms with E-state index in [-0.39, 0.29) is 11.9 Å². The van der Waals surface area contributed by atoms with Crippen LogP contribution in [-0.2, 0) is 4.79 Å². The summed E-state index contributed by atoms with van der Waals surface area (Å²) in [7, 11) is 1.65. The van der Waals surface area contributed by atoms with Crippen LogP contribution in [0.5, 0.6) is 0 Å². The minimum Gasteiger partial charge on any atom is -0.389 e. The molecule has 2 atom stereocenters. The highest BCUT2D eigenvalue weighted by Gasteiger charge is 2.31. The van der Waals surface area contributed by atoms with E-state index < -0.39 is 6.10 Å². The molecular formula is C14H19ClN2O2. The van der Waals surface area contributed by atoms with Crippen LogP contribution < -0.4 is 10.2 Å². The number of hydrogen-bond donors (Lipinski definition) is 2. The summed E-state index contributed by atoms with van der Waals surface area (Å²) in [6.45, 7) is 2.53. The quantitative estimate of drug-likeness (QED) is 0.893. The molecule has 1 amide bonds. The van der Waals surface area contributed by atoms with E-state index in [1.807, 2.05) is 17.0 Å². The molecule has 0 spiro atoms. The van der Waals surface area contributed by atoms with Gasteiger partial charge in [0.25, 0.3) is 0 Å². The Labute approximate surface area is 118 Å². The first kappa shape index (κ1) is 14.2. The summed E-state index contributed by atoms with van der Waals surface area (Å²) in [5.41, 5.74) is 1.64. The van der Waals surface area contributed by atoms with Gasteiger partial charge < -0.3 is 15.3 Å². The second-order valence-corrected chi connectivity index (χ2v) is 5.26. The molecule has 1 fully saturated rings. The third-order valence-corrected chi connectivity index (χ3v) is 3.87. The molecule has 0 radical (unpaired) electrons. The number of nitrogens with one attached hydrogen (secondary N) is 1. The van der Waals surface area contributed by atoms with Gasteiger partial charge >= 0.3 is 0 Å². The van der Waals surface area contributed by atoms with E-state index in [0.717, 1.165) is 30.6 Å². The number of likely N-dealkylation sites (N-methyl/N-ethyl adjacent to an activating group) is 1. The average Bonchev–Trinajstić information content (AvgIpc) is 2.86. The predicted molar refractivity (Wildman–Crippen MR) is 76.5 cm³/mol. The van der Waals surface area contributed by atoms with Crippen molar-refractivity contribution < 1.29 is 9.90 Å².